The van der Waals surface area contributed by atoms with Crippen molar-refractivity contribution in [2.75, 3.05) is 24.7 Å². The van der Waals surface area contributed by atoms with Crippen LogP contribution in [0.5, 0.6) is 5.75 Å². The maximum atomic E-state index is 13.1. The third kappa shape index (κ3) is 4.83. The highest BCUT2D eigenvalue weighted by molar-refractivity contribution is 8.00. The molecule has 2 heterocycles. The number of thiazole rings is 1. The lowest BCUT2D eigenvalue weighted by Gasteiger charge is -2.26. The molecule has 152 valence electrons. The first-order valence-corrected chi connectivity index (χ1v) is 11.6. The summed E-state index contributed by atoms with van der Waals surface area (Å²) in [5.74, 6) is 0.188. The molecule has 4 rings (SSSR count). The number of carbonyl (C=O) groups is 1. The molecule has 3 aromatic rings. The second-order valence-corrected chi connectivity index (χ2v) is 9.02. The molecule has 2 aromatic carbocycles. The fourth-order valence-corrected chi connectivity index (χ4v) is 4.90. The van der Waals surface area contributed by atoms with Crippen molar-refractivity contribution in [2.45, 2.75) is 29.8 Å². The summed E-state index contributed by atoms with van der Waals surface area (Å²) in [6.45, 7) is 1.54. The quantitative estimate of drug-likeness (QED) is 0.543. The predicted molar refractivity (Wildman–Crippen MR) is 118 cm³/mol. The molecule has 0 radical (unpaired) electrons. The Balaban J connectivity index is 1.52. The van der Waals surface area contributed by atoms with Crippen LogP contribution in [0.15, 0.2) is 46.8 Å². The van der Waals surface area contributed by atoms with Crippen molar-refractivity contribution < 1.29 is 14.6 Å². The number of aromatic hydroxyl groups is 1. The number of hydrogen-bond acceptors (Lipinski definition) is 6. The average molecular weight is 430 g/mol. The van der Waals surface area contributed by atoms with Crippen molar-refractivity contribution in [3.63, 3.8) is 0 Å². The molecule has 1 atom stereocenters. The van der Waals surface area contributed by atoms with Crippen LogP contribution in [0, 0.1) is 0 Å². The van der Waals surface area contributed by atoms with E-state index in [1.807, 2.05) is 36.6 Å². The molecule has 0 unspecified atom stereocenters. The molecular formula is C21H23N3O3S2. The molecule has 1 fully saturated rings. The molecule has 2 N–H and O–H groups in total. The van der Waals surface area contributed by atoms with E-state index in [1.165, 1.54) is 0 Å². The lowest BCUT2D eigenvalue weighted by molar-refractivity contribution is 0.0817. The standard InChI is InChI=1S/C21H23N3O3S2/c1-28-21-23-17-9-8-15(11-19(17)29-21)22-20(26)24(13-16-6-4-10-27-16)12-14-5-2-3-7-18(14)25/h2-3,5,7-9,11,16,25H,4,6,10,12-13H2,1H3,(H,22,26)/t16-/m1/s1. The fourth-order valence-electron chi connectivity index (χ4n) is 3.37. The predicted octanol–water partition coefficient (Wildman–Crippen LogP) is 4.94. The number of phenolic OH excluding ortho intramolecular Hbond substituents is 1. The molecule has 29 heavy (non-hydrogen) atoms. The highest BCUT2D eigenvalue weighted by Gasteiger charge is 2.23. The zero-order chi connectivity index (χ0) is 20.2. The Bertz CT molecular complexity index is 1000. The molecule has 8 heteroatoms. The van der Waals surface area contributed by atoms with E-state index in [-0.39, 0.29) is 17.9 Å². The minimum absolute atomic E-state index is 0.0275. The Morgan fingerprint density at radius 2 is 2.24 bits per heavy atom. The van der Waals surface area contributed by atoms with Gasteiger partial charge < -0.3 is 20.1 Å². The van der Waals surface area contributed by atoms with Gasteiger partial charge in [-0.2, -0.15) is 0 Å². The van der Waals surface area contributed by atoms with E-state index in [1.54, 1.807) is 40.1 Å². The van der Waals surface area contributed by atoms with Crippen LogP contribution in [0.2, 0.25) is 0 Å². The second kappa shape index (κ2) is 9.02. The smallest absolute Gasteiger partial charge is 0.322 e. The van der Waals surface area contributed by atoms with E-state index in [4.69, 9.17) is 4.74 Å². The number of hydrogen-bond donors (Lipinski definition) is 2. The van der Waals surface area contributed by atoms with E-state index >= 15 is 0 Å². The summed E-state index contributed by atoms with van der Waals surface area (Å²) < 4.78 is 7.77. The highest BCUT2D eigenvalue weighted by Crippen LogP contribution is 2.30. The van der Waals surface area contributed by atoms with Gasteiger partial charge in [0.15, 0.2) is 4.34 Å². The zero-order valence-electron chi connectivity index (χ0n) is 16.1. The van der Waals surface area contributed by atoms with Crippen LogP contribution >= 0.6 is 23.1 Å². The molecular weight excluding hydrogens is 406 g/mol. The number of fused-ring (bicyclic) bond motifs is 1. The summed E-state index contributed by atoms with van der Waals surface area (Å²) in [6.07, 6.45) is 3.98. The zero-order valence-corrected chi connectivity index (χ0v) is 17.8. The number of carbonyl (C=O) groups excluding carboxylic acids is 1. The molecule has 2 amide bonds. The SMILES string of the molecule is CSc1nc2ccc(NC(=O)N(Cc3ccccc3O)C[C@H]3CCCO3)cc2s1. The topological polar surface area (TPSA) is 74.7 Å². The van der Waals surface area contributed by atoms with Crippen LogP contribution in [0.1, 0.15) is 18.4 Å². The second-order valence-electron chi connectivity index (χ2n) is 6.94. The van der Waals surface area contributed by atoms with Gasteiger partial charge in [-0.1, -0.05) is 30.0 Å². The average Bonchev–Trinajstić information content (AvgIpc) is 3.38. The number of rotatable bonds is 6. The van der Waals surface area contributed by atoms with Gasteiger partial charge in [-0.3, -0.25) is 0 Å². The normalized spacial score (nSPS) is 16.2. The largest absolute Gasteiger partial charge is 0.508 e. The minimum Gasteiger partial charge on any atom is -0.508 e. The van der Waals surface area contributed by atoms with Crippen molar-refractivity contribution in [2.24, 2.45) is 0 Å². The minimum atomic E-state index is -0.210. The van der Waals surface area contributed by atoms with Gasteiger partial charge in [0.1, 0.15) is 5.75 Å². The van der Waals surface area contributed by atoms with E-state index in [2.05, 4.69) is 10.3 Å². The molecule has 0 spiro atoms. The Labute approximate surface area is 177 Å². The van der Waals surface area contributed by atoms with Crippen LogP contribution in [0.25, 0.3) is 10.2 Å². The first kappa shape index (κ1) is 20.0. The monoisotopic (exact) mass is 429 g/mol. The molecule has 1 saturated heterocycles. The molecule has 1 aliphatic rings. The van der Waals surface area contributed by atoms with Gasteiger partial charge >= 0.3 is 6.03 Å². The van der Waals surface area contributed by atoms with Crippen LogP contribution in [0.4, 0.5) is 10.5 Å². The van der Waals surface area contributed by atoms with Crippen molar-refractivity contribution >= 4 is 45.0 Å². The molecule has 0 saturated carbocycles. The molecule has 0 bridgehead atoms. The van der Waals surface area contributed by atoms with Crippen molar-refractivity contribution in [3.05, 3.63) is 48.0 Å². The van der Waals surface area contributed by atoms with Crippen molar-refractivity contribution in [1.29, 1.82) is 0 Å². The number of thioether (sulfide) groups is 1. The summed E-state index contributed by atoms with van der Waals surface area (Å²) in [7, 11) is 0. The van der Waals surface area contributed by atoms with Gasteiger partial charge in [-0.15, -0.1) is 11.3 Å². The van der Waals surface area contributed by atoms with E-state index in [9.17, 15) is 9.90 Å². The third-order valence-corrected chi connectivity index (χ3v) is 6.89. The van der Waals surface area contributed by atoms with Gasteiger partial charge in [0.2, 0.25) is 0 Å². The lowest BCUT2D eigenvalue weighted by Crippen LogP contribution is -2.39. The van der Waals surface area contributed by atoms with Crippen LogP contribution in [-0.2, 0) is 11.3 Å². The molecule has 1 aromatic heterocycles. The van der Waals surface area contributed by atoms with Crippen LogP contribution < -0.4 is 5.32 Å². The Hall–Kier alpha value is -2.29. The Morgan fingerprint density at radius 1 is 1.38 bits per heavy atom. The number of benzene rings is 2. The first-order valence-electron chi connectivity index (χ1n) is 9.51. The maximum Gasteiger partial charge on any atom is 0.322 e. The van der Waals surface area contributed by atoms with Crippen molar-refractivity contribution in [1.82, 2.24) is 9.88 Å². The number of nitrogens with zero attached hydrogens (tertiary/aromatic N) is 2. The highest BCUT2D eigenvalue weighted by atomic mass is 32.2. The summed E-state index contributed by atoms with van der Waals surface area (Å²) >= 11 is 3.23. The lowest BCUT2D eigenvalue weighted by atomic mass is 10.1. The molecule has 6 nitrogen and oxygen atoms in total. The summed E-state index contributed by atoms with van der Waals surface area (Å²) in [5, 5.41) is 13.1. The Morgan fingerprint density at radius 3 is 3.00 bits per heavy atom. The third-order valence-electron chi connectivity index (χ3n) is 4.88. The Kier molecular flexibility index (Phi) is 6.22. The number of para-hydroxylation sites is 1. The van der Waals surface area contributed by atoms with Gasteiger partial charge in [0.25, 0.3) is 0 Å². The summed E-state index contributed by atoms with van der Waals surface area (Å²) in [6, 6.07) is 12.6. The number of ether oxygens (including phenoxy) is 1. The van der Waals surface area contributed by atoms with Gasteiger partial charge in [-0.05, 0) is 43.4 Å². The van der Waals surface area contributed by atoms with E-state index < -0.39 is 0 Å². The number of aromatic nitrogens is 1. The summed E-state index contributed by atoms with van der Waals surface area (Å²) in [5.41, 5.74) is 2.37. The van der Waals surface area contributed by atoms with Crippen molar-refractivity contribution in [3.8, 4) is 5.75 Å². The number of nitrogens with one attached hydrogen (secondary N) is 1. The van der Waals surface area contributed by atoms with Gasteiger partial charge in [0, 0.05) is 24.4 Å². The molecule has 1 aliphatic heterocycles. The summed E-state index contributed by atoms with van der Waals surface area (Å²) in [4.78, 5) is 19.3. The van der Waals surface area contributed by atoms with Crippen LogP contribution in [-0.4, -0.2) is 46.5 Å². The van der Waals surface area contributed by atoms with Crippen LogP contribution in [0.3, 0.4) is 0 Å². The fraction of sp³-hybridized carbons (Fsp3) is 0.333. The number of amides is 2. The maximum absolute atomic E-state index is 13.1. The first-order chi connectivity index (χ1) is 14.1. The number of anilines is 1. The van der Waals surface area contributed by atoms with E-state index in [0.717, 1.165) is 39.7 Å². The van der Waals surface area contributed by atoms with Gasteiger partial charge in [0.05, 0.1) is 22.9 Å². The number of phenols is 1. The van der Waals surface area contributed by atoms with E-state index in [0.29, 0.717) is 18.7 Å². The number of urea groups is 1. The van der Waals surface area contributed by atoms with Gasteiger partial charge in [-0.25, -0.2) is 9.78 Å². The molecule has 0 aliphatic carbocycles.